The molecule has 4 aromatic rings. The Morgan fingerprint density at radius 3 is 2.71 bits per heavy atom. The maximum atomic E-state index is 9.28. The Hall–Kier alpha value is -3.32. The van der Waals surface area contributed by atoms with Crippen molar-refractivity contribution in [3.05, 3.63) is 60.2 Å². The van der Waals surface area contributed by atoms with Crippen LogP contribution in [-0.2, 0) is 0 Å². The molecule has 4 heteroatoms. The number of nitrogens with zero attached hydrogens (tertiary/aromatic N) is 2. The molecule has 0 saturated carbocycles. The molecule has 4 nitrogen and oxygen atoms in total. The van der Waals surface area contributed by atoms with Gasteiger partial charge in [0.2, 0.25) is 0 Å². The van der Waals surface area contributed by atoms with Crippen LogP contribution in [0.2, 0.25) is 0 Å². The number of nitriles is 1. The highest BCUT2D eigenvalue weighted by Crippen LogP contribution is 2.33. The van der Waals surface area contributed by atoms with Gasteiger partial charge < -0.3 is 4.74 Å². The fraction of sp³-hybridized carbons (Fsp3) is 0.100. The first kappa shape index (κ1) is 14.3. The van der Waals surface area contributed by atoms with E-state index in [4.69, 9.17) is 4.74 Å². The SMILES string of the molecule is CCOc1cc2c(-c3ccc4ccccc4c3)n[nH]c2cc1C#N. The lowest BCUT2D eigenvalue weighted by atomic mass is 10.0. The average Bonchev–Trinajstić information content (AvgIpc) is 3.03. The minimum absolute atomic E-state index is 0.512. The van der Waals surface area contributed by atoms with Crippen molar-refractivity contribution < 1.29 is 4.74 Å². The number of ether oxygens (including phenoxy) is 1. The van der Waals surface area contributed by atoms with Crippen LogP contribution in [0.25, 0.3) is 32.9 Å². The highest BCUT2D eigenvalue weighted by atomic mass is 16.5. The monoisotopic (exact) mass is 313 g/mol. The number of aromatic amines is 1. The number of aromatic nitrogens is 2. The predicted octanol–water partition coefficient (Wildman–Crippen LogP) is 4.65. The summed E-state index contributed by atoms with van der Waals surface area (Å²) >= 11 is 0. The molecular weight excluding hydrogens is 298 g/mol. The van der Waals surface area contributed by atoms with E-state index >= 15 is 0 Å². The van der Waals surface area contributed by atoms with Gasteiger partial charge in [0.25, 0.3) is 0 Å². The van der Waals surface area contributed by atoms with Crippen molar-refractivity contribution in [2.24, 2.45) is 0 Å². The second-order valence-electron chi connectivity index (χ2n) is 5.57. The molecule has 0 amide bonds. The van der Waals surface area contributed by atoms with Crippen molar-refractivity contribution in [3.8, 4) is 23.1 Å². The summed E-state index contributed by atoms with van der Waals surface area (Å²) in [5.74, 6) is 0.593. The predicted molar refractivity (Wildman–Crippen MR) is 94.9 cm³/mol. The van der Waals surface area contributed by atoms with Gasteiger partial charge in [-0.2, -0.15) is 10.4 Å². The molecule has 0 unspecified atom stereocenters. The summed E-state index contributed by atoms with van der Waals surface area (Å²) in [6.45, 7) is 2.42. The molecule has 1 aromatic heterocycles. The summed E-state index contributed by atoms with van der Waals surface area (Å²) in [5.41, 5.74) is 3.24. The first-order valence-electron chi connectivity index (χ1n) is 7.84. The first-order valence-corrected chi connectivity index (χ1v) is 7.84. The second-order valence-corrected chi connectivity index (χ2v) is 5.57. The molecule has 0 radical (unpaired) electrons. The second kappa shape index (κ2) is 5.71. The summed E-state index contributed by atoms with van der Waals surface area (Å²) in [6.07, 6.45) is 0. The number of hydrogen-bond acceptors (Lipinski definition) is 3. The number of fused-ring (bicyclic) bond motifs is 2. The lowest BCUT2D eigenvalue weighted by Crippen LogP contribution is -1.94. The van der Waals surface area contributed by atoms with E-state index in [0.717, 1.165) is 22.2 Å². The summed E-state index contributed by atoms with van der Waals surface area (Å²) in [4.78, 5) is 0. The highest BCUT2D eigenvalue weighted by molar-refractivity contribution is 5.97. The molecule has 1 N–H and O–H groups in total. The van der Waals surface area contributed by atoms with Crippen molar-refractivity contribution >= 4 is 21.7 Å². The van der Waals surface area contributed by atoms with Crippen molar-refractivity contribution in [2.45, 2.75) is 6.92 Å². The largest absolute Gasteiger partial charge is 0.492 e. The molecule has 24 heavy (non-hydrogen) atoms. The fourth-order valence-corrected chi connectivity index (χ4v) is 2.96. The van der Waals surface area contributed by atoms with Crippen LogP contribution in [0.5, 0.6) is 5.75 Å². The van der Waals surface area contributed by atoms with Gasteiger partial charge in [-0.3, -0.25) is 5.10 Å². The zero-order valence-corrected chi connectivity index (χ0v) is 13.2. The Labute approximate surface area is 139 Å². The van der Waals surface area contributed by atoms with E-state index in [1.54, 1.807) is 6.07 Å². The number of nitrogens with one attached hydrogen (secondary N) is 1. The lowest BCUT2D eigenvalue weighted by molar-refractivity contribution is 0.340. The van der Waals surface area contributed by atoms with E-state index in [1.807, 2.05) is 25.1 Å². The Morgan fingerprint density at radius 2 is 1.92 bits per heavy atom. The minimum atomic E-state index is 0.512. The van der Waals surface area contributed by atoms with E-state index in [1.165, 1.54) is 10.8 Å². The van der Waals surface area contributed by atoms with Crippen LogP contribution < -0.4 is 4.74 Å². The Morgan fingerprint density at radius 1 is 1.08 bits per heavy atom. The lowest BCUT2D eigenvalue weighted by Gasteiger charge is -2.06. The maximum absolute atomic E-state index is 9.28. The highest BCUT2D eigenvalue weighted by Gasteiger charge is 2.13. The third kappa shape index (κ3) is 2.27. The van der Waals surface area contributed by atoms with Crippen LogP contribution in [0, 0.1) is 11.3 Å². The normalized spacial score (nSPS) is 10.8. The molecule has 0 atom stereocenters. The molecule has 4 rings (SSSR count). The van der Waals surface area contributed by atoms with Crippen molar-refractivity contribution in [3.63, 3.8) is 0 Å². The van der Waals surface area contributed by atoms with E-state index in [0.29, 0.717) is 17.9 Å². The van der Waals surface area contributed by atoms with Gasteiger partial charge in [0.1, 0.15) is 17.5 Å². The van der Waals surface area contributed by atoms with Gasteiger partial charge in [-0.1, -0.05) is 36.4 Å². The van der Waals surface area contributed by atoms with Crippen LogP contribution in [0.4, 0.5) is 0 Å². The van der Waals surface area contributed by atoms with Crippen molar-refractivity contribution in [1.29, 1.82) is 5.26 Å². The number of rotatable bonds is 3. The number of benzene rings is 3. The van der Waals surface area contributed by atoms with Crippen molar-refractivity contribution in [1.82, 2.24) is 10.2 Å². The quantitative estimate of drug-likeness (QED) is 0.598. The smallest absolute Gasteiger partial charge is 0.137 e. The number of hydrogen-bond donors (Lipinski definition) is 1. The molecule has 3 aromatic carbocycles. The van der Waals surface area contributed by atoms with Gasteiger partial charge >= 0.3 is 0 Å². The topological polar surface area (TPSA) is 61.7 Å². The van der Waals surface area contributed by atoms with E-state index in [9.17, 15) is 5.26 Å². The van der Waals surface area contributed by atoms with Crippen LogP contribution >= 0.6 is 0 Å². The molecule has 0 saturated heterocycles. The van der Waals surface area contributed by atoms with Gasteiger partial charge in [-0.05, 0) is 35.9 Å². The third-order valence-electron chi connectivity index (χ3n) is 4.11. The minimum Gasteiger partial charge on any atom is -0.492 e. The van der Waals surface area contributed by atoms with E-state index in [2.05, 4.69) is 46.6 Å². The van der Waals surface area contributed by atoms with Gasteiger partial charge in [-0.15, -0.1) is 0 Å². The summed E-state index contributed by atoms with van der Waals surface area (Å²) in [5, 5.41) is 20.1. The molecule has 0 aliphatic rings. The first-order chi connectivity index (χ1) is 11.8. The summed E-state index contributed by atoms with van der Waals surface area (Å²) < 4.78 is 5.60. The van der Waals surface area contributed by atoms with Crippen LogP contribution in [0.15, 0.2) is 54.6 Å². The summed E-state index contributed by atoms with van der Waals surface area (Å²) in [7, 11) is 0. The molecule has 1 heterocycles. The number of H-pyrrole nitrogens is 1. The molecule has 116 valence electrons. The molecule has 0 fully saturated rings. The van der Waals surface area contributed by atoms with Crippen LogP contribution in [0.1, 0.15) is 12.5 Å². The standard InChI is InChI=1S/C20H15N3O/c1-2-24-19-11-17-18(10-16(19)12-21)22-23-20(17)15-8-7-13-5-3-4-6-14(13)9-15/h3-11H,2H2,1H3,(H,22,23). The van der Waals surface area contributed by atoms with Gasteiger partial charge in [0, 0.05) is 10.9 Å². The van der Waals surface area contributed by atoms with E-state index < -0.39 is 0 Å². The van der Waals surface area contributed by atoms with Gasteiger partial charge in [0.05, 0.1) is 17.7 Å². The molecular formula is C20H15N3O. The molecule has 0 bridgehead atoms. The zero-order chi connectivity index (χ0) is 16.5. The average molecular weight is 313 g/mol. The van der Waals surface area contributed by atoms with E-state index in [-0.39, 0.29) is 0 Å². The van der Waals surface area contributed by atoms with Gasteiger partial charge in [0.15, 0.2) is 0 Å². The fourth-order valence-electron chi connectivity index (χ4n) is 2.96. The molecule has 0 aliphatic heterocycles. The summed E-state index contributed by atoms with van der Waals surface area (Å²) in [6, 6.07) is 20.4. The Kier molecular flexibility index (Phi) is 3.40. The maximum Gasteiger partial charge on any atom is 0.137 e. The van der Waals surface area contributed by atoms with Crippen LogP contribution in [-0.4, -0.2) is 16.8 Å². The van der Waals surface area contributed by atoms with Crippen molar-refractivity contribution in [2.75, 3.05) is 6.61 Å². The molecule has 0 aliphatic carbocycles. The Balaban J connectivity index is 1.92. The van der Waals surface area contributed by atoms with Crippen LogP contribution in [0.3, 0.4) is 0 Å². The molecule has 0 spiro atoms. The Bertz CT molecular complexity index is 1090. The zero-order valence-electron chi connectivity index (χ0n) is 13.2. The third-order valence-corrected chi connectivity index (χ3v) is 4.11. The van der Waals surface area contributed by atoms with Gasteiger partial charge in [-0.25, -0.2) is 0 Å².